The van der Waals surface area contributed by atoms with Gasteiger partial charge in [-0.1, -0.05) is 13.8 Å². The third-order valence-corrected chi connectivity index (χ3v) is 3.55. The Hall–Kier alpha value is -0.450. The van der Waals surface area contributed by atoms with E-state index in [0.717, 1.165) is 26.1 Å². The highest BCUT2D eigenvalue weighted by Crippen LogP contribution is 2.16. The average molecular weight is 227 g/mol. The molecule has 0 aliphatic rings. The number of nitrogens with zero attached hydrogens (tertiary/aromatic N) is 1. The Kier molecular flexibility index (Phi) is 5.83. The first-order valence-corrected chi connectivity index (χ1v) is 6.42. The fraction of sp³-hybridized carbons (Fsp3) is 0.727. The fourth-order valence-corrected chi connectivity index (χ4v) is 2.05. The predicted octanol–water partition coefficient (Wildman–Crippen LogP) is 1.82. The fourth-order valence-electron chi connectivity index (χ4n) is 1.35. The van der Waals surface area contributed by atoms with Crippen molar-refractivity contribution in [2.24, 2.45) is 11.7 Å². The molecular formula is C11H21N3S. The minimum absolute atomic E-state index is 0.512. The third kappa shape index (κ3) is 4.73. The van der Waals surface area contributed by atoms with Gasteiger partial charge in [0.15, 0.2) is 0 Å². The van der Waals surface area contributed by atoms with Crippen molar-refractivity contribution in [2.45, 2.75) is 26.2 Å². The van der Waals surface area contributed by atoms with E-state index >= 15 is 0 Å². The molecule has 1 rings (SSSR count). The van der Waals surface area contributed by atoms with Crippen LogP contribution in [0, 0.1) is 5.92 Å². The summed E-state index contributed by atoms with van der Waals surface area (Å²) in [7, 11) is 0. The molecule has 2 atom stereocenters. The van der Waals surface area contributed by atoms with Crippen LogP contribution in [-0.4, -0.2) is 24.6 Å². The van der Waals surface area contributed by atoms with Gasteiger partial charge in [-0.2, -0.15) is 0 Å². The van der Waals surface area contributed by atoms with Crippen molar-refractivity contribution in [3.63, 3.8) is 0 Å². The van der Waals surface area contributed by atoms with E-state index in [9.17, 15) is 0 Å². The Labute approximate surface area is 96.1 Å². The van der Waals surface area contributed by atoms with Crippen LogP contribution in [0.15, 0.2) is 11.6 Å². The predicted molar refractivity (Wildman–Crippen MR) is 66.2 cm³/mol. The Balaban J connectivity index is 2.10. The van der Waals surface area contributed by atoms with Crippen LogP contribution in [0.2, 0.25) is 0 Å². The van der Waals surface area contributed by atoms with Gasteiger partial charge in [0, 0.05) is 24.0 Å². The van der Waals surface area contributed by atoms with E-state index in [1.165, 1.54) is 5.01 Å². The Morgan fingerprint density at radius 3 is 2.93 bits per heavy atom. The second-order valence-corrected chi connectivity index (χ2v) is 5.03. The molecule has 4 heteroatoms. The summed E-state index contributed by atoms with van der Waals surface area (Å²) in [6.45, 7) is 7.23. The maximum absolute atomic E-state index is 5.56. The minimum atomic E-state index is 0.512. The van der Waals surface area contributed by atoms with E-state index in [-0.39, 0.29) is 0 Å². The topological polar surface area (TPSA) is 50.9 Å². The molecule has 0 saturated heterocycles. The molecule has 0 aromatic carbocycles. The van der Waals surface area contributed by atoms with Gasteiger partial charge in [0.1, 0.15) is 0 Å². The van der Waals surface area contributed by atoms with Gasteiger partial charge < -0.3 is 11.1 Å². The average Bonchev–Trinajstić information content (AvgIpc) is 2.77. The number of hydrogen-bond acceptors (Lipinski definition) is 4. The molecule has 0 saturated carbocycles. The van der Waals surface area contributed by atoms with Crippen LogP contribution in [0.3, 0.4) is 0 Å². The summed E-state index contributed by atoms with van der Waals surface area (Å²) in [5.41, 5.74) is 5.56. The summed E-state index contributed by atoms with van der Waals surface area (Å²) in [6.07, 6.45) is 3.02. The van der Waals surface area contributed by atoms with Crippen LogP contribution in [0.5, 0.6) is 0 Å². The number of nitrogens with one attached hydrogen (secondary N) is 1. The molecule has 1 aromatic heterocycles. The zero-order valence-electron chi connectivity index (χ0n) is 9.57. The maximum atomic E-state index is 5.56. The maximum Gasteiger partial charge on any atom is 0.0965 e. The summed E-state index contributed by atoms with van der Waals surface area (Å²) < 4.78 is 0. The number of aromatic nitrogens is 1. The molecule has 0 radical (unpaired) electrons. The highest BCUT2D eigenvalue weighted by atomic mass is 32.1. The van der Waals surface area contributed by atoms with E-state index in [4.69, 9.17) is 5.73 Å². The highest BCUT2D eigenvalue weighted by Gasteiger charge is 2.07. The van der Waals surface area contributed by atoms with Crippen molar-refractivity contribution < 1.29 is 0 Å². The minimum Gasteiger partial charge on any atom is -0.330 e. The van der Waals surface area contributed by atoms with Gasteiger partial charge in [-0.3, -0.25) is 0 Å². The number of thiazole rings is 1. The zero-order chi connectivity index (χ0) is 11.1. The molecule has 3 nitrogen and oxygen atoms in total. The molecule has 2 unspecified atom stereocenters. The molecule has 3 N–H and O–H groups in total. The summed E-state index contributed by atoms with van der Waals surface area (Å²) >= 11 is 1.73. The molecule has 0 aliphatic heterocycles. The summed E-state index contributed by atoms with van der Waals surface area (Å²) in [6, 6.07) is 0. The van der Waals surface area contributed by atoms with Crippen molar-refractivity contribution in [1.29, 1.82) is 0 Å². The van der Waals surface area contributed by atoms with Gasteiger partial charge >= 0.3 is 0 Å². The lowest BCUT2D eigenvalue weighted by Crippen LogP contribution is -2.24. The Morgan fingerprint density at radius 1 is 1.53 bits per heavy atom. The highest BCUT2D eigenvalue weighted by molar-refractivity contribution is 7.09. The van der Waals surface area contributed by atoms with E-state index in [0.29, 0.717) is 11.8 Å². The van der Waals surface area contributed by atoms with Gasteiger partial charge in [0.25, 0.3) is 0 Å². The molecule has 0 fully saturated rings. The van der Waals surface area contributed by atoms with E-state index in [2.05, 4.69) is 24.1 Å². The van der Waals surface area contributed by atoms with E-state index in [1.807, 2.05) is 11.6 Å². The van der Waals surface area contributed by atoms with Crippen molar-refractivity contribution >= 4 is 11.3 Å². The quantitative estimate of drug-likeness (QED) is 0.699. The summed E-state index contributed by atoms with van der Waals surface area (Å²) in [5, 5.41) is 6.70. The number of nitrogens with two attached hydrogens (primary N) is 1. The van der Waals surface area contributed by atoms with Crippen molar-refractivity contribution in [3.8, 4) is 0 Å². The Morgan fingerprint density at radius 2 is 2.33 bits per heavy atom. The molecule has 15 heavy (non-hydrogen) atoms. The first-order valence-electron chi connectivity index (χ1n) is 5.54. The van der Waals surface area contributed by atoms with Gasteiger partial charge in [-0.25, -0.2) is 4.98 Å². The van der Waals surface area contributed by atoms with Crippen LogP contribution in [0.25, 0.3) is 0 Å². The van der Waals surface area contributed by atoms with Crippen LogP contribution in [-0.2, 0) is 0 Å². The van der Waals surface area contributed by atoms with Crippen LogP contribution >= 0.6 is 11.3 Å². The Bertz CT molecular complexity index is 248. The number of hydrogen-bond donors (Lipinski definition) is 2. The molecular weight excluding hydrogens is 206 g/mol. The molecule has 0 spiro atoms. The molecule has 86 valence electrons. The van der Waals surface area contributed by atoms with Crippen LogP contribution in [0.4, 0.5) is 0 Å². The summed E-state index contributed by atoms with van der Waals surface area (Å²) in [4.78, 5) is 4.30. The van der Waals surface area contributed by atoms with Gasteiger partial charge in [0.2, 0.25) is 0 Å². The molecule has 0 aliphatic carbocycles. The largest absolute Gasteiger partial charge is 0.330 e. The summed E-state index contributed by atoms with van der Waals surface area (Å²) in [5.74, 6) is 1.13. The van der Waals surface area contributed by atoms with E-state index < -0.39 is 0 Å². The lowest BCUT2D eigenvalue weighted by molar-refractivity contribution is 0.499. The monoisotopic (exact) mass is 227 g/mol. The lowest BCUT2D eigenvalue weighted by atomic mass is 10.1. The van der Waals surface area contributed by atoms with Crippen LogP contribution in [0.1, 0.15) is 31.2 Å². The molecule has 0 bridgehead atoms. The first kappa shape index (κ1) is 12.6. The van der Waals surface area contributed by atoms with E-state index in [1.54, 1.807) is 11.3 Å². The molecule has 0 amide bonds. The van der Waals surface area contributed by atoms with Crippen molar-refractivity contribution in [3.05, 3.63) is 16.6 Å². The molecule has 1 heterocycles. The second-order valence-electron chi connectivity index (χ2n) is 4.11. The zero-order valence-corrected chi connectivity index (χ0v) is 10.4. The second kappa shape index (κ2) is 6.93. The van der Waals surface area contributed by atoms with Crippen molar-refractivity contribution in [1.82, 2.24) is 10.3 Å². The van der Waals surface area contributed by atoms with Gasteiger partial charge in [0.05, 0.1) is 5.01 Å². The lowest BCUT2D eigenvalue weighted by Gasteiger charge is -2.12. The van der Waals surface area contributed by atoms with Gasteiger partial charge in [-0.15, -0.1) is 11.3 Å². The van der Waals surface area contributed by atoms with Crippen molar-refractivity contribution in [2.75, 3.05) is 19.6 Å². The van der Waals surface area contributed by atoms with Gasteiger partial charge in [-0.05, 0) is 25.4 Å². The first-order chi connectivity index (χ1) is 7.24. The normalized spacial score (nSPS) is 15.1. The van der Waals surface area contributed by atoms with Crippen LogP contribution < -0.4 is 11.1 Å². The third-order valence-electron chi connectivity index (χ3n) is 2.54. The molecule has 1 aromatic rings. The number of rotatable bonds is 7. The smallest absolute Gasteiger partial charge is 0.0965 e. The SMILES string of the molecule is CC(CN)CCNCC(C)c1nccs1. The standard InChI is InChI=1S/C11H21N3S/c1-9(7-12)3-4-13-8-10(2)11-14-5-6-15-11/h5-6,9-10,13H,3-4,7-8,12H2,1-2H3.